The van der Waals surface area contributed by atoms with Crippen molar-refractivity contribution in [2.45, 2.75) is 13.0 Å². The Morgan fingerprint density at radius 1 is 1.53 bits per heavy atom. The van der Waals surface area contributed by atoms with Gasteiger partial charge in [-0.25, -0.2) is 0 Å². The van der Waals surface area contributed by atoms with E-state index < -0.39 is 0 Å². The first kappa shape index (κ1) is 12.9. The van der Waals surface area contributed by atoms with Gasteiger partial charge in [0, 0.05) is 36.5 Å². The van der Waals surface area contributed by atoms with E-state index in [1.807, 2.05) is 18.2 Å². The van der Waals surface area contributed by atoms with Crippen LogP contribution in [0.25, 0.3) is 0 Å². The van der Waals surface area contributed by atoms with Crippen molar-refractivity contribution < 1.29 is 9.90 Å². The van der Waals surface area contributed by atoms with E-state index >= 15 is 0 Å². The number of amides is 1. The third-order valence-electron chi connectivity index (χ3n) is 2.91. The van der Waals surface area contributed by atoms with Crippen LogP contribution in [0.2, 0.25) is 5.02 Å². The lowest BCUT2D eigenvalue weighted by Crippen LogP contribution is -2.24. The summed E-state index contributed by atoms with van der Waals surface area (Å²) in [5.74, 6) is 0.177. The molecule has 0 radical (unpaired) electrons. The predicted molar refractivity (Wildman–Crippen MR) is 69.8 cm³/mol. The highest BCUT2D eigenvalue weighted by Gasteiger charge is 2.28. The molecule has 92 valence electrons. The summed E-state index contributed by atoms with van der Waals surface area (Å²) in [6.07, 6.45) is 0.445. The maximum Gasteiger partial charge on any atom is 0.223 e. The first-order chi connectivity index (χ1) is 8.10. The Hall–Kier alpha value is -0.580. The number of rotatable bonds is 3. The largest absolute Gasteiger partial charge is 0.396 e. The second-order valence-corrected chi connectivity index (χ2v) is 5.54. The molecule has 3 nitrogen and oxygen atoms in total. The number of hydrogen-bond donors (Lipinski definition) is 1. The van der Waals surface area contributed by atoms with E-state index in [0.717, 1.165) is 10.0 Å². The van der Waals surface area contributed by atoms with Gasteiger partial charge in [-0.2, -0.15) is 0 Å². The van der Waals surface area contributed by atoms with Crippen molar-refractivity contribution in [3.8, 4) is 0 Å². The van der Waals surface area contributed by atoms with Crippen LogP contribution in [0.15, 0.2) is 22.7 Å². The van der Waals surface area contributed by atoms with E-state index in [-0.39, 0.29) is 18.4 Å². The van der Waals surface area contributed by atoms with Gasteiger partial charge in [0.05, 0.1) is 5.02 Å². The summed E-state index contributed by atoms with van der Waals surface area (Å²) in [5.41, 5.74) is 1.00. The van der Waals surface area contributed by atoms with E-state index in [1.54, 1.807) is 4.90 Å². The van der Waals surface area contributed by atoms with Gasteiger partial charge in [-0.15, -0.1) is 0 Å². The second kappa shape index (κ2) is 5.38. The molecule has 17 heavy (non-hydrogen) atoms. The standard InChI is InChI=1S/C12H13BrClNO2/c13-10-2-1-8(3-11(10)14)5-15-6-9(7-16)4-12(15)17/h1-3,9,16H,4-7H2. The average Bonchev–Trinajstić information content (AvgIpc) is 2.65. The number of likely N-dealkylation sites (tertiary alicyclic amines) is 1. The number of hydrogen-bond acceptors (Lipinski definition) is 2. The van der Waals surface area contributed by atoms with Gasteiger partial charge >= 0.3 is 0 Å². The number of carbonyl (C=O) groups is 1. The molecule has 5 heteroatoms. The van der Waals surface area contributed by atoms with Gasteiger partial charge in [0.2, 0.25) is 5.91 Å². The molecule has 1 heterocycles. The smallest absolute Gasteiger partial charge is 0.223 e. The van der Waals surface area contributed by atoms with Crippen LogP contribution in [-0.2, 0) is 11.3 Å². The van der Waals surface area contributed by atoms with E-state index in [2.05, 4.69) is 15.9 Å². The van der Waals surface area contributed by atoms with Gasteiger partial charge in [-0.05, 0) is 33.6 Å². The van der Waals surface area contributed by atoms with Gasteiger partial charge in [0.15, 0.2) is 0 Å². The van der Waals surface area contributed by atoms with E-state index in [9.17, 15) is 4.79 Å². The van der Waals surface area contributed by atoms with Crippen molar-refractivity contribution in [3.63, 3.8) is 0 Å². The van der Waals surface area contributed by atoms with Crippen LogP contribution in [0, 0.1) is 5.92 Å². The van der Waals surface area contributed by atoms with E-state index in [4.69, 9.17) is 16.7 Å². The molecule has 1 unspecified atom stereocenters. The van der Waals surface area contributed by atoms with Crippen molar-refractivity contribution in [1.82, 2.24) is 4.90 Å². The van der Waals surface area contributed by atoms with Crippen LogP contribution in [0.5, 0.6) is 0 Å². The monoisotopic (exact) mass is 317 g/mol. The fourth-order valence-corrected chi connectivity index (χ4v) is 2.44. The molecule has 0 aromatic heterocycles. The van der Waals surface area contributed by atoms with Crippen molar-refractivity contribution in [2.24, 2.45) is 5.92 Å². The summed E-state index contributed by atoms with van der Waals surface area (Å²) in [6.45, 7) is 1.26. The number of nitrogens with zero attached hydrogens (tertiary/aromatic N) is 1. The molecule has 1 N–H and O–H groups in total. The summed E-state index contributed by atoms with van der Waals surface area (Å²) in [5, 5.41) is 9.69. The molecule has 1 fully saturated rings. The molecule has 0 saturated carbocycles. The fraction of sp³-hybridized carbons (Fsp3) is 0.417. The fourth-order valence-electron chi connectivity index (χ4n) is 1.99. The number of carbonyl (C=O) groups excluding carboxylic acids is 1. The van der Waals surface area contributed by atoms with Gasteiger partial charge in [0.1, 0.15) is 0 Å². The summed E-state index contributed by atoms with van der Waals surface area (Å²) in [7, 11) is 0. The Bertz CT molecular complexity index is 439. The molecular formula is C12H13BrClNO2. The zero-order chi connectivity index (χ0) is 12.4. The third-order valence-corrected chi connectivity index (χ3v) is 4.14. The number of benzene rings is 1. The minimum Gasteiger partial charge on any atom is -0.396 e. The van der Waals surface area contributed by atoms with Crippen molar-refractivity contribution >= 4 is 33.4 Å². The SMILES string of the molecule is O=C1CC(CO)CN1Cc1ccc(Br)c(Cl)c1. The summed E-state index contributed by atoms with van der Waals surface area (Å²) in [4.78, 5) is 13.4. The molecular weight excluding hydrogens is 305 g/mol. The van der Waals surface area contributed by atoms with Gasteiger partial charge in [-0.1, -0.05) is 17.7 Å². The van der Waals surface area contributed by atoms with Crippen LogP contribution in [0.1, 0.15) is 12.0 Å². The summed E-state index contributed by atoms with van der Waals surface area (Å²) >= 11 is 9.33. The van der Waals surface area contributed by atoms with Crippen LogP contribution < -0.4 is 0 Å². The van der Waals surface area contributed by atoms with Crippen LogP contribution in [0.4, 0.5) is 0 Å². The highest BCUT2D eigenvalue weighted by atomic mass is 79.9. The average molecular weight is 319 g/mol. The molecule has 1 atom stereocenters. The highest BCUT2D eigenvalue weighted by Crippen LogP contribution is 2.25. The van der Waals surface area contributed by atoms with Gasteiger partial charge in [-0.3, -0.25) is 4.79 Å². The van der Waals surface area contributed by atoms with E-state index in [1.165, 1.54) is 0 Å². The predicted octanol–water partition coefficient (Wildman–Crippen LogP) is 2.44. The Labute approximate surface area is 114 Å². The molecule has 1 aromatic carbocycles. The Morgan fingerprint density at radius 3 is 2.88 bits per heavy atom. The lowest BCUT2D eigenvalue weighted by Gasteiger charge is -2.16. The topological polar surface area (TPSA) is 40.5 Å². The quantitative estimate of drug-likeness (QED) is 0.930. The van der Waals surface area contributed by atoms with Crippen molar-refractivity contribution in [3.05, 3.63) is 33.3 Å². The minimum absolute atomic E-state index is 0.0728. The molecule has 0 bridgehead atoms. The Balaban J connectivity index is 2.06. The molecule has 1 aliphatic heterocycles. The molecule has 2 rings (SSSR count). The molecule has 1 amide bonds. The highest BCUT2D eigenvalue weighted by molar-refractivity contribution is 9.10. The lowest BCUT2D eigenvalue weighted by atomic mass is 10.1. The Kier molecular flexibility index (Phi) is 4.07. The van der Waals surface area contributed by atoms with Crippen molar-refractivity contribution in [2.75, 3.05) is 13.2 Å². The maximum atomic E-state index is 11.7. The normalized spacial score (nSPS) is 20.1. The Morgan fingerprint density at radius 2 is 2.29 bits per heavy atom. The van der Waals surface area contributed by atoms with Gasteiger partial charge in [0.25, 0.3) is 0 Å². The molecule has 1 aliphatic rings. The minimum atomic E-state index is 0.0728. The maximum absolute atomic E-state index is 11.7. The van der Waals surface area contributed by atoms with Gasteiger partial charge < -0.3 is 10.0 Å². The molecule has 0 aliphatic carbocycles. The van der Waals surface area contributed by atoms with Crippen molar-refractivity contribution in [1.29, 1.82) is 0 Å². The summed E-state index contributed by atoms with van der Waals surface area (Å²) in [6, 6.07) is 5.67. The number of aliphatic hydroxyl groups excluding tert-OH is 1. The first-order valence-corrected chi connectivity index (χ1v) is 6.60. The molecule has 0 spiro atoms. The number of aliphatic hydroxyl groups is 1. The molecule has 1 aromatic rings. The third kappa shape index (κ3) is 3.00. The zero-order valence-electron chi connectivity index (χ0n) is 9.20. The second-order valence-electron chi connectivity index (χ2n) is 4.28. The van der Waals surface area contributed by atoms with Crippen LogP contribution in [-0.4, -0.2) is 29.1 Å². The first-order valence-electron chi connectivity index (χ1n) is 5.42. The summed E-state index contributed by atoms with van der Waals surface area (Å²) < 4.78 is 0.851. The van der Waals surface area contributed by atoms with Crippen LogP contribution >= 0.6 is 27.5 Å². The van der Waals surface area contributed by atoms with Crippen LogP contribution in [0.3, 0.4) is 0 Å². The van der Waals surface area contributed by atoms with E-state index in [0.29, 0.717) is 24.5 Å². The lowest BCUT2D eigenvalue weighted by molar-refractivity contribution is -0.128. The zero-order valence-corrected chi connectivity index (χ0v) is 11.5. The molecule has 1 saturated heterocycles. The number of halogens is 2.